The number of carbonyl (C=O) groups is 2. The first kappa shape index (κ1) is 23.2. The van der Waals surface area contributed by atoms with Crippen LogP contribution in [0.1, 0.15) is 49.2 Å². The van der Waals surface area contributed by atoms with Crippen molar-refractivity contribution < 1.29 is 19.1 Å². The minimum atomic E-state index is -0.435. The molecule has 30 heavy (non-hydrogen) atoms. The van der Waals surface area contributed by atoms with E-state index >= 15 is 0 Å². The molecule has 0 radical (unpaired) electrons. The van der Waals surface area contributed by atoms with Crippen LogP contribution in [-0.2, 0) is 16.0 Å². The molecule has 0 bridgehead atoms. The van der Waals surface area contributed by atoms with Gasteiger partial charge in [0.05, 0.1) is 13.2 Å². The monoisotopic (exact) mass is 409 g/mol. The summed E-state index contributed by atoms with van der Waals surface area (Å²) in [5.74, 6) is 0.0327. The van der Waals surface area contributed by atoms with Crippen LogP contribution < -0.4 is 4.74 Å². The predicted octanol–water partition coefficient (Wildman–Crippen LogP) is 4.76. The fourth-order valence-electron chi connectivity index (χ4n) is 3.13. The molecule has 0 aliphatic heterocycles. The van der Waals surface area contributed by atoms with Crippen LogP contribution in [0.3, 0.4) is 0 Å². The summed E-state index contributed by atoms with van der Waals surface area (Å²) >= 11 is 0. The summed E-state index contributed by atoms with van der Waals surface area (Å²) in [5.41, 5.74) is 2.90. The lowest BCUT2D eigenvalue weighted by atomic mass is 10.1. The Morgan fingerprint density at radius 1 is 1.00 bits per heavy atom. The third kappa shape index (κ3) is 6.48. The lowest BCUT2D eigenvalue weighted by molar-refractivity contribution is -0.126. The molecule has 0 aromatic heterocycles. The summed E-state index contributed by atoms with van der Waals surface area (Å²) in [5, 5.41) is 0. The second-order valence-electron chi connectivity index (χ2n) is 6.86. The van der Waals surface area contributed by atoms with Crippen molar-refractivity contribution in [2.75, 3.05) is 26.3 Å². The number of esters is 1. The molecule has 0 saturated heterocycles. The molecule has 0 N–H and O–H groups in total. The fraction of sp³-hybridized carbons (Fsp3) is 0.360. The third-order valence-electron chi connectivity index (χ3n) is 4.76. The largest absolute Gasteiger partial charge is 0.492 e. The van der Waals surface area contributed by atoms with E-state index in [2.05, 4.69) is 0 Å². The molecule has 0 spiro atoms. The van der Waals surface area contributed by atoms with Gasteiger partial charge in [-0.2, -0.15) is 0 Å². The van der Waals surface area contributed by atoms with Gasteiger partial charge in [0.25, 0.3) is 0 Å². The first-order chi connectivity index (χ1) is 14.5. The quantitative estimate of drug-likeness (QED) is 0.419. The SMILES string of the molecule is CCOC(=O)c1cc(/C=C(/C)C(=O)N(CC)CC)ccc1OCCc1ccccc1. The fourth-order valence-corrected chi connectivity index (χ4v) is 3.13. The Bertz CT molecular complexity index is 870. The number of rotatable bonds is 10. The average Bonchev–Trinajstić information content (AvgIpc) is 2.76. The molecular weight excluding hydrogens is 378 g/mol. The molecular formula is C25H31NO4. The van der Waals surface area contributed by atoms with Crippen LogP contribution in [-0.4, -0.2) is 43.1 Å². The molecule has 2 aromatic carbocycles. The minimum absolute atomic E-state index is 0.0131. The van der Waals surface area contributed by atoms with Crippen molar-refractivity contribution in [1.29, 1.82) is 0 Å². The molecule has 5 heteroatoms. The zero-order valence-corrected chi connectivity index (χ0v) is 18.3. The normalized spacial score (nSPS) is 11.1. The van der Waals surface area contributed by atoms with Crippen LogP contribution in [0.2, 0.25) is 0 Å². The van der Waals surface area contributed by atoms with Crippen LogP contribution in [0.15, 0.2) is 54.1 Å². The van der Waals surface area contributed by atoms with E-state index < -0.39 is 5.97 Å². The van der Waals surface area contributed by atoms with Gasteiger partial charge in [-0.05, 0) is 57.0 Å². The molecule has 160 valence electrons. The second-order valence-corrected chi connectivity index (χ2v) is 6.86. The number of ether oxygens (including phenoxy) is 2. The highest BCUT2D eigenvalue weighted by Gasteiger charge is 2.16. The van der Waals surface area contributed by atoms with Crippen molar-refractivity contribution in [2.45, 2.75) is 34.1 Å². The molecule has 1 amide bonds. The van der Waals surface area contributed by atoms with Gasteiger partial charge in [-0.1, -0.05) is 36.4 Å². The average molecular weight is 410 g/mol. The number of benzene rings is 2. The first-order valence-electron chi connectivity index (χ1n) is 10.5. The molecule has 2 aromatic rings. The maximum atomic E-state index is 12.5. The highest BCUT2D eigenvalue weighted by Crippen LogP contribution is 2.23. The van der Waals surface area contributed by atoms with Crippen LogP contribution >= 0.6 is 0 Å². The molecule has 0 saturated carbocycles. The lowest BCUT2D eigenvalue weighted by Crippen LogP contribution is -2.30. The van der Waals surface area contributed by atoms with Crippen LogP contribution in [0.4, 0.5) is 0 Å². The van der Waals surface area contributed by atoms with Gasteiger partial charge in [-0.15, -0.1) is 0 Å². The molecule has 0 fully saturated rings. The van der Waals surface area contributed by atoms with Crippen molar-refractivity contribution in [2.24, 2.45) is 0 Å². The highest BCUT2D eigenvalue weighted by molar-refractivity contribution is 5.98. The van der Waals surface area contributed by atoms with E-state index in [1.807, 2.05) is 50.2 Å². The van der Waals surface area contributed by atoms with Crippen molar-refractivity contribution in [3.8, 4) is 5.75 Å². The zero-order valence-electron chi connectivity index (χ0n) is 18.3. The van der Waals surface area contributed by atoms with E-state index in [1.54, 1.807) is 37.0 Å². The summed E-state index contributed by atoms with van der Waals surface area (Å²) in [4.78, 5) is 26.8. The Morgan fingerprint density at radius 3 is 2.33 bits per heavy atom. The Balaban J connectivity index is 2.21. The van der Waals surface area contributed by atoms with Gasteiger partial charge < -0.3 is 14.4 Å². The van der Waals surface area contributed by atoms with E-state index in [4.69, 9.17) is 9.47 Å². The Hall–Kier alpha value is -3.08. The van der Waals surface area contributed by atoms with Gasteiger partial charge in [0.1, 0.15) is 11.3 Å². The van der Waals surface area contributed by atoms with Crippen LogP contribution in [0, 0.1) is 0 Å². The number of hydrogen-bond acceptors (Lipinski definition) is 4. The van der Waals surface area contributed by atoms with E-state index in [1.165, 1.54) is 5.56 Å². The van der Waals surface area contributed by atoms with Gasteiger partial charge in [-0.25, -0.2) is 4.79 Å². The van der Waals surface area contributed by atoms with Crippen molar-refractivity contribution >= 4 is 18.0 Å². The van der Waals surface area contributed by atoms with Crippen LogP contribution in [0.25, 0.3) is 6.08 Å². The number of nitrogens with zero attached hydrogens (tertiary/aromatic N) is 1. The van der Waals surface area contributed by atoms with Gasteiger partial charge in [0.2, 0.25) is 5.91 Å². The van der Waals surface area contributed by atoms with Crippen molar-refractivity contribution in [3.63, 3.8) is 0 Å². The van der Waals surface area contributed by atoms with Crippen molar-refractivity contribution in [1.82, 2.24) is 4.90 Å². The number of hydrogen-bond donors (Lipinski definition) is 0. The molecule has 0 heterocycles. The summed E-state index contributed by atoms with van der Waals surface area (Å²) in [6, 6.07) is 15.4. The predicted molar refractivity (Wildman–Crippen MR) is 120 cm³/mol. The summed E-state index contributed by atoms with van der Waals surface area (Å²) < 4.78 is 11.1. The maximum absolute atomic E-state index is 12.5. The molecule has 0 atom stereocenters. The molecule has 0 aliphatic rings. The number of carbonyl (C=O) groups excluding carboxylic acids is 2. The van der Waals surface area contributed by atoms with Gasteiger partial charge >= 0.3 is 5.97 Å². The minimum Gasteiger partial charge on any atom is -0.492 e. The summed E-state index contributed by atoms with van der Waals surface area (Å²) in [7, 11) is 0. The van der Waals surface area contributed by atoms with E-state index in [0.29, 0.717) is 36.6 Å². The smallest absolute Gasteiger partial charge is 0.341 e. The molecule has 0 aliphatic carbocycles. The van der Waals surface area contributed by atoms with E-state index in [-0.39, 0.29) is 12.5 Å². The van der Waals surface area contributed by atoms with Crippen molar-refractivity contribution in [3.05, 3.63) is 70.8 Å². The summed E-state index contributed by atoms with van der Waals surface area (Å²) in [6.45, 7) is 9.50. The number of amides is 1. The Labute approximate surface area is 179 Å². The Kier molecular flexibility index (Phi) is 9.13. The first-order valence-corrected chi connectivity index (χ1v) is 10.5. The molecule has 5 nitrogen and oxygen atoms in total. The van der Waals surface area contributed by atoms with Gasteiger partial charge in [0, 0.05) is 25.1 Å². The number of likely N-dealkylation sites (N-methyl/N-ethyl adjacent to an activating group) is 1. The standard InChI is InChI=1S/C25H31NO4/c1-5-26(6-2)24(27)19(4)17-21-13-14-23(22(18-21)25(28)29-7-3)30-16-15-20-11-9-8-10-12-20/h8-14,17-18H,5-7,15-16H2,1-4H3/b19-17-. The topological polar surface area (TPSA) is 55.8 Å². The molecule has 0 unspecified atom stereocenters. The van der Waals surface area contributed by atoms with Gasteiger partial charge in [-0.3, -0.25) is 4.79 Å². The van der Waals surface area contributed by atoms with Gasteiger partial charge in [0.15, 0.2) is 0 Å². The summed E-state index contributed by atoms with van der Waals surface area (Å²) in [6.07, 6.45) is 2.53. The highest BCUT2D eigenvalue weighted by atomic mass is 16.5. The Morgan fingerprint density at radius 2 is 1.70 bits per heavy atom. The molecule has 2 rings (SSSR count). The third-order valence-corrected chi connectivity index (χ3v) is 4.76. The van der Waals surface area contributed by atoms with E-state index in [0.717, 1.165) is 12.0 Å². The zero-order chi connectivity index (χ0) is 21.9. The lowest BCUT2D eigenvalue weighted by Gasteiger charge is -2.19. The van der Waals surface area contributed by atoms with E-state index in [9.17, 15) is 9.59 Å². The second kappa shape index (κ2) is 11.8. The van der Waals surface area contributed by atoms with Crippen LogP contribution in [0.5, 0.6) is 5.75 Å². The maximum Gasteiger partial charge on any atom is 0.341 e.